The Morgan fingerprint density at radius 2 is 2.14 bits per heavy atom. The number of hydrogen-bond donors (Lipinski definition) is 2. The van der Waals surface area contributed by atoms with Crippen LogP contribution in [0.4, 0.5) is 10.1 Å². The van der Waals surface area contributed by atoms with E-state index in [1.807, 2.05) is 0 Å². The van der Waals surface area contributed by atoms with Crippen LogP contribution in [0.25, 0.3) is 0 Å². The number of likely N-dealkylation sites (N-methyl/N-ethyl adjacent to an activating group) is 1. The van der Waals surface area contributed by atoms with Crippen LogP contribution < -0.4 is 15.5 Å². The summed E-state index contributed by atoms with van der Waals surface area (Å²) in [5.41, 5.74) is 0.269. The van der Waals surface area contributed by atoms with Crippen LogP contribution in [0.2, 0.25) is 0 Å². The maximum Gasteiger partial charge on any atom is 0.249 e. The average molecular weight is 316 g/mol. The van der Waals surface area contributed by atoms with Crippen LogP contribution >= 0.6 is 12.4 Å². The molecule has 0 spiro atoms. The molecule has 0 bridgehead atoms. The molecule has 1 aliphatic heterocycles. The molecule has 5 nitrogen and oxygen atoms in total. The second kappa shape index (κ2) is 7.95. The predicted octanol–water partition coefficient (Wildman–Crippen LogP) is 1.08. The van der Waals surface area contributed by atoms with Crippen LogP contribution in [0.3, 0.4) is 0 Å². The summed E-state index contributed by atoms with van der Waals surface area (Å²) in [7, 11) is 1.66. The molecular weight excluding hydrogens is 297 g/mol. The zero-order chi connectivity index (χ0) is 14.5. The number of nitrogens with one attached hydrogen (secondary N) is 2. The van der Waals surface area contributed by atoms with Crippen molar-refractivity contribution >= 4 is 29.9 Å². The molecule has 2 rings (SSSR count). The van der Waals surface area contributed by atoms with Crippen molar-refractivity contribution in [1.29, 1.82) is 0 Å². The van der Waals surface area contributed by atoms with Gasteiger partial charge in [-0.2, -0.15) is 0 Å². The van der Waals surface area contributed by atoms with E-state index in [4.69, 9.17) is 0 Å². The molecule has 1 atom stereocenters. The lowest BCUT2D eigenvalue weighted by atomic mass is 10.0. The Kier molecular flexibility index (Phi) is 6.58. The number of piperidine rings is 1. The number of nitrogens with zero attached hydrogens (tertiary/aromatic N) is 1. The van der Waals surface area contributed by atoms with Gasteiger partial charge in [0, 0.05) is 6.54 Å². The van der Waals surface area contributed by atoms with E-state index in [2.05, 4.69) is 10.6 Å². The number of amides is 2. The zero-order valence-electron chi connectivity index (χ0n) is 11.8. The Hall–Kier alpha value is -1.66. The highest BCUT2D eigenvalue weighted by molar-refractivity contribution is 6.00. The lowest BCUT2D eigenvalue weighted by Gasteiger charge is -2.32. The largest absolute Gasteiger partial charge is 0.343 e. The number of hydrogen-bond acceptors (Lipinski definition) is 3. The molecule has 1 fully saturated rings. The molecule has 21 heavy (non-hydrogen) atoms. The van der Waals surface area contributed by atoms with Gasteiger partial charge in [-0.05, 0) is 32.0 Å². The van der Waals surface area contributed by atoms with E-state index >= 15 is 0 Å². The van der Waals surface area contributed by atoms with Crippen molar-refractivity contribution in [1.82, 2.24) is 10.6 Å². The van der Waals surface area contributed by atoms with Gasteiger partial charge in [0.1, 0.15) is 11.9 Å². The van der Waals surface area contributed by atoms with Gasteiger partial charge in [-0.15, -0.1) is 12.4 Å². The second-order valence-electron chi connectivity index (χ2n) is 4.73. The summed E-state index contributed by atoms with van der Waals surface area (Å²) >= 11 is 0. The van der Waals surface area contributed by atoms with E-state index < -0.39 is 11.9 Å². The monoisotopic (exact) mass is 315 g/mol. The molecule has 1 aromatic rings. The van der Waals surface area contributed by atoms with Gasteiger partial charge in [0.2, 0.25) is 11.8 Å². The number of benzene rings is 1. The minimum atomic E-state index is -0.579. The summed E-state index contributed by atoms with van der Waals surface area (Å²) in [6.45, 7) is 0.627. The molecule has 0 aromatic heterocycles. The van der Waals surface area contributed by atoms with Crippen molar-refractivity contribution in [3.05, 3.63) is 30.1 Å². The first kappa shape index (κ1) is 17.4. The highest BCUT2D eigenvalue weighted by Crippen LogP contribution is 2.23. The highest BCUT2D eigenvalue weighted by atomic mass is 35.5. The molecule has 116 valence electrons. The van der Waals surface area contributed by atoms with Gasteiger partial charge < -0.3 is 15.5 Å². The third-order valence-corrected chi connectivity index (χ3v) is 3.25. The number of anilines is 1. The molecule has 2 amide bonds. The fourth-order valence-electron chi connectivity index (χ4n) is 2.32. The van der Waals surface area contributed by atoms with E-state index in [0.29, 0.717) is 13.0 Å². The van der Waals surface area contributed by atoms with Crippen molar-refractivity contribution in [2.75, 3.05) is 25.0 Å². The van der Waals surface area contributed by atoms with Gasteiger partial charge in [0.25, 0.3) is 0 Å². The summed E-state index contributed by atoms with van der Waals surface area (Å²) < 4.78 is 13.8. The van der Waals surface area contributed by atoms with Gasteiger partial charge in [-0.3, -0.25) is 9.59 Å². The quantitative estimate of drug-likeness (QED) is 0.874. The molecular formula is C14H19ClFN3O2. The van der Waals surface area contributed by atoms with Crippen LogP contribution in [0.1, 0.15) is 12.8 Å². The van der Waals surface area contributed by atoms with Gasteiger partial charge in [0.05, 0.1) is 12.2 Å². The Morgan fingerprint density at radius 3 is 2.81 bits per heavy atom. The van der Waals surface area contributed by atoms with E-state index in [1.54, 1.807) is 25.2 Å². The SMILES string of the molecule is CNCC(=O)NC1CCCN(c2ccccc2F)C1=O.Cl. The third-order valence-electron chi connectivity index (χ3n) is 3.25. The molecule has 7 heteroatoms. The predicted molar refractivity (Wildman–Crippen MR) is 81.1 cm³/mol. The second-order valence-corrected chi connectivity index (χ2v) is 4.73. The smallest absolute Gasteiger partial charge is 0.249 e. The molecule has 1 aliphatic rings. The molecule has 0 saturated carbocycles. The summed E-state index contributed by atoms with van der Waals surface area (Å²) in [5, 5.41) is 5.40. The minimum absolute atomic E-state index is 0. The van der Waals surface area contributed by atoms with Gasteiger partial charge in [-0.1, -0.05) is 12.1 Å². The van der Waals surface area contributed by atoms with Crippen LogP contribution in [-0.2, 0) is 9.59 Å². The Morgan fingerprint density at radius 1 is 1.43 bits per heavy atom. The van der Waals surface area contributed by atoms with Crippen LogP contribution in [0.15, 0.2) is 24.3 Å². The zero-order valence-corrected chi connectivity index (χ0v) is 12.6. The van der Waals surface area contributed by atoms with Crippen molar-refractivity contribution in [2.24, 2.45) is 0 Å². The topological polar surface area (TPSA) is 61.4 Å². The normalized spacial score (nSPS) is 18.1. The van der Waals surface area contributed by atoms with Crippen LogP contribution in [-0.4, -0.2) is 38.0 Å². The fraction of sp³-hybridized carbons (Fsp3) is 0.429. The Bertz CT molecular complexity index is 513. The number of rotatable bonds is 4. The van der Waals surface area contributed by atoms with Crippen molar-refractivity contribution < 1.29 is 14.0 Å². The summed E-state index contributed by atoms with van der Waals surface area (Å²) in [4.78, 5) is 25.3. The van der Waals surface area contributed by atoms with Gasteiger partial charge >= 0.3 is 0 Å². The maximum atomic E-state index is 13.8. The first-order valence-electron chi connectivity index (χ1n) is 6.63. The maximum absolute atomic E-state index is 13.8. The molecule has 0 radical (unpaired) electrons. The van der Waals surface area contributed by atoms with Gasteiger partial charge in [0.15, 0.2) is 0 Å². The van der Waals surface area contributed by atoms with Gasteiger partial charge in [-0.25, -0.2) is 4.39 Å². The molecule has 1 aromatic carbocycles. The van der Waals surface area contributed by atoms with Crippen molar-refractivity contribution in [3.8, 4) is 0 Å². The first-order chi connectivity index (χ1) is 9.63. The lowest BCUT2D eigenvalue weighted by Crippen LogP contribution is -2.53. The Balaban J connectivity index is 0.00000220. The number of para-hydroxylation sites is 1. The number of carbonyl (C=O) groups excluding carboxylic acids is 2. The fourth-order valence-corrected chi connectivity index (χ4v) is 2.32. The molecule has 0 aliphatic carbocycles. The third kappa shape index (κ3) is 4.15. The highest BCUT2D eigenvalue weighted by Gasteiger charge is 2.31. The van der Waals surface area contributed by atoms with E-state index in [-0.39, 0.29) is 36.5 Å². The average Bonchev–Trinajstić information content (AvgIpc) is 2.42. The molecule has 1 saturated heterocycles. The first-order valence-corrected chi connectivity index (χ1v) is 6.63. The summed E-state index contributed by atoms with van der Waals surface area (Å²) in [6.07, 6.45) is 1.31. The molecule has 1 heterocycles. The standard InChI is InChI=1S/C14H18FN3O2.ClH/c1-16-9-13(19)17-11-6-4-8-18(14(11)20)12-7-3-2-5-10(12)15;/h2-3,5,7,11,16H,4,6,8-9H2,1H3,(H,17,19);1H. The van der Waals surface area contributed by atoms with E-state index in [0.717, 1.165) is 6.42 Å². The Labute approximate surface area is 129 Å². The number of halogens is 2. The van der Waals surface area contributed by atoms with Crippen molar-refractivity contribution in [2.45, 2.75) is 18.9 Å². The van der Waals surface area contributed by atoms with Crippen molar-refractivity contribution in [3.63, 3.8) is 0 Å². The van der Waals surface area contributed by atoms with E-state index in [9.17, 15) is 14.0 Å². The van der Waals surface area contributed by atoms with E-state index in [1.165, 1.54) is 11.0 Å². The summed E-state index contributed by atoms with van der Waals surface area (Å²) in [6, 6.07) is 5.59. The summed E-state index contributed by atoms with van der Waals surface area (Å²) in [5.74, 6) is -0.921. The molecule has 1 unspecified atom stereocenters. The lowest BCUT2D eigenvalue weighted by molar-refractivity contribution is -0.128. The number of carbonyl (C=O) groups is 2. The minimum Gasteiger partial charge on any atom is -0.343 e. The van der Waals surface area contributed by atoms with Crippen LogP contribution in [0, 0.1) is 5.82 Å². The molecule has 2 N–H and O–H groups in total. The van der Waals surface area contributed by atoms with Crippen LogP contribution in [0.5, 0.6) is 0 Å².